The molecule has 0 radical (unpaired) electrons. The first-order chi connectivity index (χ1) is 9.36. The van der Waals surface area contributed by atoms with Crippen molar-refractivity contribution in [1.29, 1.82) is 0 Å². The SMILES string of the molecule is C=C(CCCCC)C(=O)[O-].C=C(CCCCC)C(=O)[O-].[Ca+2]. The predicted molar refractivity (Wildman–Crippen MR) is 82.3 cm³/mol. The summed E-state index contributed by atoms with van der Waals surface area (Å²) in [5.41, 5.74) is 0.432. The Morgan fingerprint density at radius 1 is 0.762 bits per heavy atom. The Morgan fingerprint density at radius 2 is 1.05 bits per heavy atom. The third kappa shape index (κ3) is 19.7. The van der Waals surface area contributed by atoms with Gasteiger partial charge in [-0.05, 0) is 36.8 Å². The fourth-order valence-electron chi connectivity index (χ4n) is 1.38. The zero-order valence-electron chi connectivity index (χ0n) is 13.4. The molecule has 0 fully saturated rings. The summed E-state index contributed by atoms with van der Waals surface area (Å²) in [4.78, 5) is 20.2. The van der Waals surface area contributed by atoms with Gasteiger partial charge in [-0.15, -0.1) is 0 Å². The summed E-state index contributed by atoms with van der Waals surface area (Å²) in [7, 11) is 0. The molecule has 0 bridgehead atoms. The smallest absolute Gasteiger partial charge is 0.545 e. The fraction of sp³-hybridized carbons (Fsp3) is 0.625. The quantitative estimate of drug-likeness (QED) is 0.345. The van der Waals surface area contributed by atoms with Crippen LogP contribution in [0.4, 0.5) is 0 Å². The predicted octanol–water partition coefficient (Wildman–Crippen LogP) is 1.36. The maximum Gasteiger partial charge on any atom is 2.00 e. The van der Waals surface area contributed by atoms with Gasteiger partial charge in [-0.1, -0.05) is 52.7 Å². The van der Waals surface area contributed by atoms with Crippen molar-refractivity contribution in [3.8, 4) is 0 Å². The van der Waals surface area contributed by atoms with E-state index in [0.29, 0.717) is 12.8 Å². The van der Waals surface area contributed by atoms with Crippen LogP contribution in [-0.4, -0.2) is 49.7 Å². The Hall–Kier alpha value is -0.320. The van der Waals surface area contributed by atoms with Gasteiger partial charge in [0.1, 0.15) is 0 Å². The minimum Gasteiger partial charge on any atom is -0.545 e. The molecule has 0 atom stereocenters. The second-order valence-electron chi connectivity index (χ2n) is 4.70. The number of carboxylic acid groups (broad SMARTS) is 2. The number of carbonyl (C=O) groups is 2. The average molecular weight is 322 g/mol. The van der Waals surface area contributed by atoms with E-state index in [1.165, 1.54) is 0 Å². The molecule has 0 unspecified atom stereocenters. The van der Waals surface area contributed by atoms with E-state index in [0.717, 1.165) is 38.5 Å². The summed E-state index contributed by atoms with van der Waals surface area (Å²) in [6.07, 6.45) is 7.26. The van der Waals surface area contributed by atoms with Crippen LogP contribution < -0.4 is 10.2 Å². The van der Waals surface area contributed by atoms with Crippen molar-refractivity contribution in [3.05, 3.63) is 24.3 Å². The number of carbonyl (C=O) groups excluding carboxylic acids is 2. The first-order valence-corrected chi connectivity index (χ1v) is 7.14. The van der Waals surface area contributed by atoms with Crippen molar-refractivity contribution in [2.24, 2.45) is 0 Å². The molecule has 0 saturated heterocycles. The molecule has 21 heavy (non-hydrogen) atoms. The molecule has 0 amide bonds. The van der Waals surface area contributed by atoms with E-state index in [1.807, 2.05) is 0 Å². The second kappa shape index (κ2) is 17.7. The number of aliphatic carboxylic acids is 2. The molecule has 0 aliphatic rings. The summed E-state index contributed by atoms with van der Waals surface area (Å²) < 4.78 is 0. The molecule has 0 aromatic carbocycles. The van der Waals surface area contributed by atoms with Crippen molar-refractivity contribution in [3.63, 3.8) is 0 Å². The number of carboxylic acids is 2. The molecular formula is C16H26CaO4. The van der Waals surface area contributed by atoms with Gasteiger partial charge in [-0.3, -0.25) is 0 Å². The van der Waals surface area contributed by atoms with Crippen molar-refractivity contribution >= 4 is 49.7 Å². The molecule has 116 valence electrons. The molecule has 0 N–H and O–H groups in total. The van der Waals surface area contributed by atoms with Crippen LogP contribution >= 0.6 is 0 Å². The maximum absolute atomic E-state index is 10.1. The van der Waals surface area contributed by atoms with Gasteiger partial charge in [0.05, 0.1) is 11.9 Å². The van der Waals surface area contributed by atoms with E-state index in [4.69, 9.17) is 0 Å². The summed E-state index contributed by atoms with van der Waals surface area (Å²) >= 11 is 0. The van der Waals surface area contributed by atoms with Crippen molar-refractivity contribution < 1.29 is 19.8 Å². The summed E-state index contributed by atoms with van der Waals surface area (Å²) in [5.74, 6) is -2.23. The Kier molecular flexibility index (Phi) is 21.6. The van der Waals surface area contributed by atoms with Crippen LogP contribution in [0.25, 0.3) is 0 Å². The number of rotatable bonds is 10. The molecule has 0 aromatic heterocycles. The van der Waals surface area contributed by atoms with E-state index in [2.05, 4.69) is 27.0 Å². The Morgan fingerprint density at radius 3 is 1.24 bits per heavy atom. The van der Waals surface area contributed by atoms with Crippen LogP contribution in [0.1, 0.15) is 65.2 Å². The van der Waals surface area contributed by atoms with E-state index < -0.39 is 11.9 Å². The molecule has 0 saturated carbocycles. The molecule has 0 spiro atoms. The van der Waals surface area contributed by atoms with Gasteiger partial charge in [-0.2, -0.15) is 0 Å². The molecule has 4 nitrogen and oxygen atoms in total. The Labute approximate surface area is 158 Å². The molecule has 0 aliphatic heterocycles. The summed E-state index contributed by atoms with van der Waals surface area (Å²) in [6, 6.07) is 0. The van der Waals surface area contributed by atoms with E-state index in [1.54, 1.807) is 0 Å². The van der Waals surface area contributed by atoms with Gasteiger partial charge >= 0.3 is 37.7 Å². The van der Waals surface area contributed by atoms with Crippen LogP contribution in [0.2, 0.25) is 0 Å². The van der Waals surface area contributed by atoms with E-state index >= 15 is 0 Å². The minimum atomic E-state index is -1.11. The normalized spacial score (nSPS) is 8.86. The number of hydrogen-bond donors (Lipinski definition) is 0. The van der Waals surface area contributed by atoms with Crippen molar-refractivity contribution in [2.75, 3.05) is 0 Å². The summed E-state index contributed by atoms with van der Waals surface area (Å²) in [6.45, 7) is 10.9. The van der Waals surface area contributed by atoms with Crippen LogP contribution in [0.15, 0.2) is 24.3 Å². The fourth-order valence-corrected chi connectivity index (χ4v) is 1.38. The zero-order valence-corrected chi connectivity index (χ0v) is 15.6. The van der Waals surface area contributed by atoms with Gasteiger partial charge in [-0.25, -0.2) is 0 Å². The van der Waals surface area contributed by atoms with Crippen LogP contribution in [0.5, 0.6) is 0 Å². The van der Waals surface area contributed by atoms with Gasteiger partial charge in [0.2, 0.25) is 0 Å². The largest absolute Gasteiger partial charge is 2.00 e. The molecular weight excluding hydrogens is 296 g/mol. The van der Waals surface area contributed by atoms with Gasteiger partial charge in [0.15, 0.2) is 0 Å². The average Bonchev–Trinajstić information content (AvgIpc) is 2.39. The zero-order chi connectivity index (χ0) is 16.0. The second-order valence-corrected chi connectivity index (χ2v) is 4.70. The third-order valence-electron chi connectivity index (χ3n) is 2.74. The number of hydrogen-bond acceptors (Lipinski definition) is 4. The third-order valence-corrected chi connectivity index (χ3v) is 2.74. The Balaban J connectivity index is -0.000000295. The maximum atomic E-state index is 10.1. The molecule has 0 aromatic rings. The standard InChI is InChI=1S/2C8H14O2.Ca/c2*1-3-4-5-6-7(2)8(9)10;/h2*2-6H2,1H3,(H,9,10);/q;;+2/p-2. The van der Waals surface area contributed by atoms with Crippen molar-refractivity contribution in [1.82, 2.24) is 0 Å². The molecule has 0 heterocycles. The van der Waals surface area contributed by atoms with Gasteiger partial charge < -0.3 is 19.8 Å². The minimum absolute atomic E-state index is 0. The number of unbranched alkanes of at least 4 members (excludes halogenated alkanes) is 4. The van der Waals surface area contributed by atoms with E-state index in [-0.39, 0.29) is 48.9 Å². The topological polar surface area (TPSA) is 80.3 Å². The van der Waals surface area contributed by atoms with Crippen molar-refractivity contribution in [2.45, 2.75) is 65.2 Å². The first kappa shape index (κ1) is 25.6. The van der Waals surface area contributed by atoms with Gasteiger partial charge in [0.25, 0.3) is 0 Å². The molecule has 0 aliphatic carbocycles. The van der Waals surface area contributed by atoms with E-state index in [9.17, 15) is 19.8 Å². The van der Waals surface area contributed by atoms with Gasteiger partial charge in [0, 0.05) is 0 Å². The first-order valence-electron chi connectivity index (χ1n) is 7.14. The van der Waals surface area contributed by atoms with Crippen LogP contribution in [-0.2, 0) is 9.59 Å². The molecule has 0 rings (SSSR count). The monoisotopic (exact) mass is 322 g/mol. The van der Waals surface area contributed by atoms with Crippen LogP contribution in [0, 0.1) is 0 Å². The summed E-state index contributed by atoms with van der Waals surface area (Å²) in [5, 5.41) is 20.2. The van der Waals surface area contributed by atoms with Crippen LogP contribution in [0.3, 0.4) is 0 Å². The molecule has 5 heteroatoms. The Bertz CT molecular complexity index is 292.